The first-order chi connectivity index (χ1) is 23.6. The molecule has 0 aliphatic rings. The minimum absolute atomic E-state index is 0.114. The van der Waals surface area contributed by atoms with E-state index in [4.69, 9.17) is 9.47 Å². The van der Waals surface area contributed by atoms with E-state index in [0.717, 1.165) is 64.2 Å². The van der Waals surface area contributed by atoms with E-state index >= 15 is 0 Å². The molecule has 0 aliphatic heterocycles. The molecule has 1 N–H and O–H groups in total. The van der Waals surface area contributed by atoms with Crippen LogP contribution < -0.4 is 0 Å². The van der Waals surface area contributed by atoms with Crippen molar-refractivity contribution in [2.24, 2.45) is 0 Å². The number of carbonyl (C=O) groups excluding carboxylic acids is 2. The van der Waals surface area contributed by atoms with Crippen molar-refractivity contribution in [2.45, 2.75) is 161 Å². The number of unbranched alkanes of at least 4 members (excludes halogenated alkanes) is 11. The predicted molar refractivity (Wildman–Crippen MR) is 205 cm³/mol. The van der Waals surface area contributed by atoms with Crippen LogP contribution in [0.5, 0.6) is 0 Å². The summed E-state index contributed by atoms with van der Waals surface area (Å²) in [5, 5.41) is 9.53. The minimum Gasteiger partial charge on any atom is -0.462 e. The van der Waals surface area contributed by atoms with Crippen molar-refractivity contribution in [3.05, 3.63) is 85.1 Å². The Morgan fingerprint density at radius 2 is 0.938 bits per heavy atom. The molecule has 0 heterocycles. The molecule has 272 valence electrons. The molecular formula is C43H70O5. The standard InChI is InChI=1S/C43H70O5/c1-3-5-7-9-11-13-15-17-19-20-21-22-24-25-27-29-31-33-35-37-42(45)47-40-41(39-44)48-43(46)38-36-34-32-30-28-26-23-18-16-14-12-10-8-6-4-2/h5,7,11,13,17-19,21-23,25,27,31,33,41,44H,3-4,6,8-10,12,14-16,20,24,26,28-30,32,34-40H2,1-2H3. The van der Waals surface area contributed by atoms with Crippen LogP contribution in [0.4, 0.5) is 0 Å². The summed E-state index contributed by atoms with van der Waals surface area (Å²) < 4.78 is 10.5. The van der Waals surface area contributed by atoms with Crippen LogP contribution in [-0.2, 0) is 19.1 Å². The van der Waals surface area contributed by atoms with Crippen LogP contribution in [0, 0.1) is 0 Å². The van der Waals surface area contributed by atoms with E-state index in [9.17, 15) is 14.7 Å². The summed E-state index contributed by atoms with van der Waals surface area (Å²) in [5.74, 6) is -0.706. The first kappa shape index (κ1) is 45.1. The van der Waals surface area contributed by atoms with Crippen LogP contribution in [0.1, 0.15) is 155 Å². The van der Waals surface area contributed by atoms with Gasteiger partial charge in [0.05, 0.1) is 6.61 Å². The topological polar surface area (TPSA) is 72.8 Å². The molecule has 0 spiro atoms. The van der Waals surface area contributed by atoms with Crippen molar-refractivity contribution in [3.63, 3.8) is 0 Å². The lowest BCUT2D eigenvalue weighted by molar-refractivity contribution is -0.161. The van der Waals surface area contributed by atoms with E-state index in [1.807, 2.05) is 12.2 Å². The highest BCUT2D eigenvalue weighted by molar-refractivity contribution is 5.70. The van der Waals surface area contributed by atoms with Gasteiger partial charge in [-0.25, -0.2) is 0 Å². The van der Waals surface area contributed by atoms with Crippen molar-refractivity contribution in [3.8, 4) is 0 Å². The first-order valence-electron chi connectivity index (χ1n) is 19.1. The Balaban J connectivity index is 3.74. The van der Waals surface area contributed by atoms with E-state index in [0.29, 0.717) is 12.8 Å². The third-order valence-corrected chi connectivity index (χ3v) is 7.69. The normalized spacial score (nSPS) is 13.1. The van der Waals surface area contributed by atoms with Gasteiger partial charge in [-0.3, -0.25) is 9.59 Å². The minimum atomic E-state index is -0.810. The van der Waals surface area contributed by atoms with Gasteiger partial charge in [0, 0.05) is 12.8 Å². The summed E-state index contributed by atoms with van der Waals surface area (Å²) in [7, 11) is 0. The van der Waals surface area contributed by atoms with Gasteiger partial charge in [0.2, 0.25) is 0 Å². The molecule has 0 aliphatic carbocycles. The maximum atomic E-state index is 12.1. The van der Waals surface area contributed by atoms with Crippen LogP contribution in [-0.4, -0.2) is 36.4 Å². The highest BCUT2D eigenvalue weighted by Crippen LogP contribution is 2.11. The Morgan fingerprint density at radius 1 is 0.500 bits per heavy atom. The highest BCUT2D eigenvalue weighted by atomic mass is 16.6. The molecule has 0 saturated heterocycles. The van der Waals surface area contributed by atoms with E-state index in [1.54, 1.807) is 0 Å². The van der Waals surface area contributed by atoms with Gasteiger partial charge in [-0.2, -0.15) is 0 Å². The van der Waals surface area contributed by atoms with Gasteiger partial charge in [-0.1, -0.05) is 150 Å². The number of hydrogen-bond donors (Lipinski definition) is 1. The summed E-state index contributed by atoms with van der Waals surface area (Å²) in [5.41, 5.74) is 0. The Bertz CT molecular complexity index is 937. The Morgan fingerprint density at radius 3 is 1.44 bits per heavy atom. The van der Waals surface area contributed by atoms with Crippen molar-refractivity contribution < 1.29 is 24.2 Å². The smallest absolute Gasteiger partial charge is 0.306 e. The summed E-state index contributed by atoms with van der Waals surface area (Å²) in [6, 6.07) is 0. The highest BCUT2D eigenvalue weighted by Gasteiger charge is 2.15. The average Bonchev–Trinajstić information content (AvgIpc) is 3.09. The maximum absolute atomic E-state index is 12.1. The third kappa shape index (κ3) is 35.9. The molecule has 1 unspecified atom stereocenters. The van der Waals surface area contributed by atoms with Crippen molar-refractivity contribution in [1.29, 1.82) is 0 Å². The molecule has 5 heteroatoms. The largest absolute Gasteiger partial charge is 0.462 e. The molecular weight excluding hydrogens is 596 g/mol. The Labute approximate surface area is 295 Å². The van der Waals surface area contributed by atoms with Crippen LogP contribution in [0.2, 0.25) is 0 Å². The van der Waals surface area contributed by atoms with Gasteiger partial charge in [0.25, 0.3) is 0 Å². The zero-order valence-corrected chi connectivity index (χ0v) is 30.7. The Kier molecular flexibility index (Phi) is 36.2. The van der Waals surface area contributed by atoms with Crippen LogP contribution in [0.25, 0.3) is 0 Å². The van der Waals surface area contributed by atoms with E-state index < -0.39 is 6.10 Å². The second-order valence-corrected chi connectivity index (χ2v) is 12.3. The van der Waals surface area contributed by atoms with Crippen LogP contribution in [0.3, 0.4) is 0 Å². The number of allylic oxidation sites excluding steroid dienone is 14. The van der Waals surface area contributed by atoms with Crippen molar-refractivity contribution in [1.82, 2.24) is 0 Å². The molecule has 0 fully saturated rings. The molecule has 0 radical (unpaired) electrons. The van der Waals surface area contributed by atoms with Gasteiger partial charge in [0.1, 0.15) is 6.61 Å². The molecule has 48 heavy (non-hydrogen) atoms. The molecule has 0 aromatic rings. The van der Waals surface area contributed by atoms with E-state index in [2.05, 4.69) is 86.8 Å². The molecule has 5 nitrogen and oxygen atoms in total. The number of carbonyl (C=O) groups is 2. The van der Waals surface area contributed by atoms with Gasteiger partial charge in [0.15, 0.2) is 6.10 Å². The SMILES string of the molecule is CCC=CCC=CCC=CCC=CCC=CCC=CCCC(=O)OCC(CO)OC(=O)CCCCCCCC=CCCCCCCCC. The number of esters is 2. The number of ether oxygens (including phenoxy) is 2. The van der Waals surface area contributed by atoms with Gasteiger partial charge in [-0.15, -0.1) is 0 Å². The number of aliphatic hydroxyl groups excluding tert-OH is 1. The second kappa shape index (κ2) is 38.5. The number of aliphatic hydroxyl groups is 1. The second-order valence-electron chi connectivity index (χ2n) is 12.3. The zero-order chi connectivity index (χ0) is 35.0. The van der Waals surface area contributed by atoms with E-state index in [-0.39, 0.29) is 31.6 Å². The molecule has 0 amide bonds. The molecule has 0 aromatic heterocycles. The van der Waals surface area contributed by atoms with Crippen LogP contribution in [0.15, 0.2) is 85.1 Å². The summed E-state index contributed by atoms with van der Waals surface area (Å²) in [6.07, 6.45) is 52.2. The van der Waals surface area contributed by atoms with Crippen LogP contribution >= 0.6 is 0 Å². The molecule has 0 rings (SSSR count). The zero-order valence-electron chi connectivity index (χ0n) is 30.7. The molecule has 0 saturated carbocycles. The summed E-state index contributed by atoms with van der Waals surface area (Å²) >= 11 is 0. The third-order valence-electron chi connectivity index (χ3n) is 7.69. The number of rotatable bonds is 33. The predicted octanol–water partition coefficient (Wildman–Crippen LogP) is 11.9. The molecule has 0 bridgehead atoms. The fourth-order valence-corrected chi connectivity index (χ4v) is 4.81. The fourth-order valence-electron chi connectivity index (χ4n) is 4.81. The lowest BCUT2D eigenvalue weighted by Crippen LogP contribution is -2.28. The van der Waals surface area contributed by atoms with E-state index in [1.165, 1.54) is 57.8 Å². The monoisotopic (exact) mass is 667 g/mol. The summed E-state index contributed by atoms with van der Waals surface area (Å²) in [4.78, 5) is 24.2. The maximum Gasteiger partial charge on any atom is 0.306 e. The lowest BCUT2D eigenvalue weighted by Gasteiger charge is -2.15. The number of hydrogen-bond acceptors (Lipinski definition) is 5. The van der Waals surface area contributed by atoms with Gasteiger partial charge >= 0.3 is 11.9 Å². The molecule has 1 atom stereocenters. The quantitative estimate of drug-likeness (QED) is 0.0429. The van der Waals surface area contributed by atoms with Crippen molar-refractivity contribution >= 4 is 11.9 Å². The lowest BCUT2D eigenvalue weighted by atomic mass is 10.1. The van der Waals surface area contributed by atoms with Gasteiger partial charge < -0.3 is 14.6 Å². The Hall–Kier alpha value is -2.92. The van der Waals surface area contributed by atoms with Gasteiger partial charge in [-0.05, 0) is 77.0 Å². The first-order valence-corrected chi connectivity index (χ1v) is 19.1. The average molecular weight is 667 g/mol. The molecule has 0 aromatic carbocycles. The summed E-state index contributed by atoms with van der Waals surface area (Å²) in [6.45, 7) is 3.92. The fraction of sp³-hybridized carbons (Fsp3) is 0.628. The van der Waals surface area contributed by atoms with Crippen molar-refractivity contribution in [2.75, 3.05) is 13.2 Å².